The van der Waals surface area contributed by atoms with Crippen molar-refractivity contribution in [1.82, 2.24) is 0 Å². The van der Waals surface area contributed by atoms with Gasteiger partial charge in [-0.1, -0.05) is 147 Å². The summed E-state index contributed by atoms with van der Waals surface area (Å²) in [6, 6.07) is 63.4. The summed E-state index contributed by atoms with van der Waals surface area (Å²) in [5.74, 6) is 0. The molecule has 0 fully saturated rings. The van der Waals surface area contributed by atoms with Gasteiger partial charge in [0.1, 0.15) is 22.3 Å². The molecule has 264 valence electrons. The molecule has 0 unspecified atom stereocenters. The molecule has 2 heterocycles. The third-order valence-electron chi connectivity index (χ3n) is 12.3. The zero-order valence-electron chi connectivity index (χ0n) is 31.0. The second kappa shape index (κ2) is 11.5. The van der Waals surface area contributed by atoms with Crippen molar-refractivity contribution >= 4 is 82.5 Å². The van der Waals surface area contributed by atoms with E-state index in [1.807, 2.05) is 0 Å². The number of hydrogen-bond donors (Lipinski definition) is 0. The summed E-state index contributed by atoms with van der Waals surface area (Å²) in [6.45, 7) is 4.69. The van der Waals surface area contributed by atoms with Crippen molar-refractivity contribution in [3.05, 3.63) is 187 Å². The molecule has 0 bridgehead atoms. The van der Waals surface area contributed by atoms with Crippen LogP contribution in [-0.4, -0.2) is 0 Å². The maximum atomic E-state index is 6.76. The van der Waals surface area contributed by atoms with Crippen molar-refractivity contribution in [3.63, 3.8) is 0 Å². The second-order valence-corrected chi connectivity index (χ2v) is 15.6. The van der Waals surface area contributed by atoms with Crippen LogP contribution >= 0.6 is 0 Å². The fourth-order valence-electron chi connectivity index (χ4n) is 9.59. The molecule has 0 aliphatic heterocycles. The number of nitrogens with zero attached hydrogens (tertiary/aromatic N) is 1. The lowest BCUT2D eigenvalue weighted by Crippen LogP contribution is -2.16. The normalized spacial score (nSPS) is 13.3. The Hall–Kier alpha value is -7.10. The van der Waals surface area contributed by atoms with Crippen molar-refractivity contribution < 1.29 is 8.83 Å². The van der Waals surface area contributed by atoms with Crippen LogP contribution in [0.3, 0.4) is 0 Å². The van der Waals surface area contributed by atoms with Crippen LogP contribution in [0.5, 0.6) is 0 Å². The van der Waals surface area contributed by atoms with Gasteiger partial charge in [-0.25, -0.2) is 0 Å². The lowest BCUT2D eigenvalue weighted by atomic mass is 9.82. The standard InChI is InChI=1S/C53H35NO2/c1-53(2)43-19-8-7-16-41(43)48-44(53)20-10-21-45(48)54(46-22-11-23-47-49(46)42-31-27-33-13-4-6-15-37(33)52(42)55-47)35-28-24-34(25-29-35)38-17-9-18-39-40-30-26-32-12-3-5-14-36(32)51(40)56-50(38)39/h3-31H,1-2H3. The first-order valence-electron chi connectivity index (χ1n) is 19.3. The first-order valence-corrected chi connectivity index (χ1v) is 19.3. The van der Waals surface area contributed by atoms with E-state index in [1.165, 1.54) is 33.0 Å². The molecule has 0 amide bonds. The van der Waals surface area contributed by atoms with Crippen molar-refractivity contribution in [2.24, 2.45) is 0 Å². The van der Waals surface area contributed by atoms with Gasteiger partial charge in [0.25, 0.3) is 0 Å². The number of anilines is 3. The third kappa shape index (κ3) is 4.28. The summed E-state index contributed by atoms with van der Waals surface area (Å²) in [7, 11) is 0. The third-order valence-corrected chi connectivity index (χ3v) is 12.3. The van der Waals surface area contributed by atoms with Gasteiger partial charge in [0, 0.05) is 49.2 Å². The van der Waals surface area contributed by atoms with E-state index in [9.17, 15) is 0 Å². The maximum absolute atomic E-state index is 6.76. The average molecular weight is 718 g/mol. The Balaban J connectivity index is 1.09. The molecule has 1 aliphatic rings. The van der Waals surface area contributed by atoms with Gasteiger partial charge >= 0.3 is 0 Å². The van der Waals surface area contributed by atoms with Gasteiger partial charge in [-0.05, 0) is 75.5 Å². The van der Waals surface area contributed by atoms with Crippen LogP contribution in [0.4, 0.5) is 17.1 Å². The molecule has 0 radical (unpaired) electrons. The molecule has 0 atom stereocenters. The van der Waals surface area contributed by atoms with E-state index in [1.54, 1.807) is 0 Å². The predicted molar refractivity (Wildman–Crippen MR) is 234 cm³/mol. The number of furan rings is 2. The summed E-state index contributed by atoms with van der Waals surface area (Å²) in [6.07, 6.45) is 0. The Morgan fingerprint density at radius 1 is 0.411 bits per heavy atom. The van der Waals surface area contributed by atoms with Gasteiger partial charge in [0.2, 0.25) is 0 Å². The minimum Gasteiger partial charge on any atom is -0.455 e. The molecule has 3 nitrogen and oxygen atoms in total. The Labute approximate surface area is 323 Å². The van der Waals surface area contributed by atoms with E-state index in [4.69, 9.17) is 8.83 Å². The van der Waals surface area contributed by atoms with Gasteiger partial charge in [0.05, 0.1) is 16.8 Å². The molecular formula is C53H35NO2. The lowest BCUT2D eigenvalue weighted by molar-refractivity contribution is 0.660. The van der Waals surface area contributed by atoms with Crippen LogP contribution in [0.25, 0.3) is 87.7 Å². The zero-order chi connectivity index (χ0) is 37.1. The Morgan fingerprint density at radius 2 is 1.00 bits per heavy atom. The SMILES string of the molecule is CC1(C)c2ccccc2-c2c(N(c3ccc(-c4cccc5c4oc4c6ccccc6ccc54)cc3)c3cccc4oc5c6ccccc6ccc5c34)cccc21. The maximum Gasteiger partial charge on any atom is 0.143 e. The van der Waals surface area contributed by atoms with Crippen LogP contribution in [-0.2, 0) is 5.41 Å². The fraction of sp³-hybridized carbons (Fsp3) is 0.0566. The van der Waals surface area contributed by atoms with Gasteiger partial charge in [-0.3, -0.25) is 0 Å². The molecule has 3 heteroatoms. The average Bonchev–Trinajstić information content (AvgIpc) is 3.90. The van der Waals surface area contributed by atoms with Crippen LogP contribution in [0.2, 0.25) is 0 Å². The molecule has 9 aromatic carbocycles. The smallest absolute Gasteiger partial charge is 0.143 e. The molecule has 12 rings (SSSR count). The Morgan fingerprint density at radius 3 is 1.80 bits per heavy atom. The molecule has 0 saturated heterocycles. The van der Waals surface area contributed by atoms with Crippen molar-refractivity contribution in [2.45, 2.75) is 19.3 Å². The topological polar surface area (TPSA) is 29.5 Å². The first kappa shape index (κ1) is 31.3. The number of rotatable bonds is 4. The summed E-state index contributed by atoms with van der Waals surface area (Å²) in [5.41, 5.74) is 14.2. The largest absolute Gasteiger partial charge is 0.455 e. The summed E-state index contributed by atoms with van der Waals surface area (Å²) in [4.78, 5) is 2.45. The number of hydrogen-bond acceptors (Lipinski definition) is 3. The van der Waals surface area contributed by atoms with E-state index in [0.717, 1.165) is 82.8 Å². The van der Waals surface area contributed by atoms with Crippen LogP contribution in [0.15, 0.2) is 185 Å². The van der Waals surface area contributed by atoms with E-state index in [0.29, 0.717) is 0 Å². The van der Waals surface area contributed by atoms with Crippen molar-refractivity contribution in [3.8, 4) is 22.3 Å². The monoisotopic (exact) mass is 717 g/mol. The quantitative estimate of drug-likeness (QED) is 0.182. The van der Waals surface area contributed by atoms with Crippen LogP contribution in [0, 0.1) is 0 Å². The van der Waals surface area contributed by atoms with Gasteiger partial charge in [-0.2, -0.15) is 0 Å². The highest BCUT2D eigenvalue weighted by Gasteiger charge is 2.38. The van der Waals surface area contributed by atoms with Gasteiger partial charge in [-0.15, -0.1) is 0 Å². The molecule has 11 aromatic rings. The molecule has 2 aromatic heterocycles. The molecule has 0 saturated carbocycles. The van der Waals surface area contributed by atoms with Crippen LogP contribution < -0.4 is 4.90 Å². The highest BCUT2D eigenvalue weighted by molar-refractivity contribution is 6.20. The first-order chi connectivity index (χ1) is 27.5. The summed E-state index contributed by atoms with van der Waals surface area (Å²) < 4.78 is 13.5. The number of benzene rings is 9. The van der Waals surface area contributed by atoms with Crippen LogP contribution in [0.1, 0.15) is 25.0 Å². The predicted octanol–water partition coefficient (Wildman–Crippen LogP) is 15.2. The summed E-state index contributed by atoms with van der Waals surface area (Å²) in [5, 5.41) is 9.06. The number of fused-ring (bicyclic) bond motifs is 13. The Bertz CT molecular complexity index is 3400. The molecular weight excluding hydrogens is 683 g/mol. The van der Waals surface area contributed by atoms with E-state index < -0.39 is 0 Å². The minimum absolute atomic E-state index is 0.138. The zero-order valence-corrected chi connectivity index (χ0v) is 31.0. The fourth-order valence-corrected chi connectivity index (χ4v) is 9.59. The summed E-state index contributed by atoms with van der Waals surface area (Å²) >= 11 is 0. The lowest BCUT2D eigenvalue weighted by Gasteiger charge is -2.29. The second-order valence-electron chi connectivity index (χ2n) is 15.6. The van der Waals surface area contributed by atoms with Gasteiger partial charge in [0.15, 0.2) is 0 Å². The minimum atomic E-state index is -0.138. The highest BCUT2D eigenvalue weighted by Crippen LogP contribution is 2.55. The number of para-hydroxylation sites is 1. The van der Waals surface area contributed by atoms with E-state index in [-0.39, 0.29) is 5.41 Å². The van der Waals surface area contributed by atoms with Crippen molar-refractivity contribution in [1.29, 1.82) is 0 Å². The van der Waals surface area contributed by atoms with E-state index >= 15 is 0 Å². The molecule has 0 N–H and O–H groups in total. The van der Waals surface area contributed by atoms with Crippen molar-refractivity contribution in [2.75, 3.05) is 4.90 Å². The molecule has 56 heavy (non-hydrogen) atoms. The highest BCUT2D eigenvalue weighted by atomic mass is 16.3. The Kier molecular flexibility index (Phi) is 6.40. The van der Waals surface area contributed by atoms with Gasteiger partial charge < -0.3 is 13.7 Å². The van der Waals surface area contributed by atoms with E-state index in [2.05, 4.69) is 195 Å². The molecule has 1 aliphatic carbocycles. The molecule has 0 spiro atoms.